The van der Waals surface area contributed by atoms with Crippen LogP contribution in [0.25, 0.3) is 16.9 Å². The number of carbonyl (C=O) groups excluding carboxylic acids is 1. The quantitative estimate of drug-likeness (QED) is 0.727. The highest BCUT2D eigenvalue weighted by atomic mass is 16.3. The second-order valence-electron chi connectivity index (χ2n) is 7.30. The molecule has 7 nitrogen and oxygen atoms in total. The molecule has 0 spiro atoms. The minimum absolute atomic E-state index is 0.0680. The molecule has 0 saturated carbocycles. The predicted molar refractivity (Wildman–Crippen MR) is 110 cm³/mol. The summed E-state index contributed by atoms with van der Waals surface area (Å²) < 4.78 is 1.92. The van der Waals surface area contributed by atoms with Gasteiger partial charge in [0, 0.05) is 37.9 Å². The number of rotatable bonds is 4. The summed E-state index contributed by atoms with van der Waals surface area (Å²) in [4.78, 5) is 21.5. The monoisotopic (exact) mass is 379 g/mol. The summed E-state index contributed by atoms with van der Waals surface area (Å²) in [7, 11) is 2.07. The van der Waals surface area contributed by atoms with E-state index in [9.17, 15) is 9.90 Å². The van der Waals surface area contributed by atoms with Gasteiger partial charge in [-0.2, -0.15) is 0 Å². The molecule has 0 bridgehead atoms. The number of aromatic nitrogens is 2. The van der Waals surface area contributed by atoms with Crippen LogP contribution >= 0.6 is 0 Å². The van der Waals surface area contributed by atoms with Crippen molar-refractivity contribution in [3.05, 3.63) is 48.2 Å². The van der Waals surface area contributed by atoms with Gasteiger partial charge in [-0.25, -0.2) is 4.98 Å². The number of likely N-dealkylation sites (N-methyl/N-ethyl adjacent to an activating group) is 1. The fourth-order valence-corrected chi connectivity index (χ4v) is 3.50. The Morgan fingerprint density at radius 3 is 2.68 bits per heavy atom. The van der Waals surface area contributed by atoms with Gasteiger partial charge in [0.25, 0.3) is 0 Å². The van der Waals surface area contributed by atoms with E-state index < -0.39 is 0 Å². The molecular weight excluding hydrogens is 354 g/mol. The van der Waals surface area contributed by atoms with Gasteiger partial charge in [0.05, 0.1) is 6.54 Å². The molecule has 2 N–H and O–H groups in total. The van der Waals surface area contributed by atoms with Gasteiger partial charge in [-0.1, -0.05) is 12.1 Å². The van der Waals surface area contributed by atoms with Crippen LogP contribution in [0, 0.1) is 6.92 Å². The van der Waals surface area contributed by atoms with E-state index >= 15 is 0 Å². The Kier molecular flexibility index (Phi) is 4.92. The maximum atomic E-state index is 12.7. The van der Waals surface area contributed by atoms with Crippen LogP contribution in [-0.4, -0.2) is 70.0 Å². The fourth-order valence-electron chi connectivity index (χ4n) is 3.50. The van der Waals surface area contributed by atoms with Crippen molar-refractivity contribution in [2.75, 3.05) is 45.1 Å². The third-order valence-electron chi connectivity index (χ3n) is 5.20. The molecule has 1 aliphatic heterocycles. The van der Waals surface area contributed by atoms with E-state index in [4.69, 9.17) is 4.98 Å². The highest BCUT2D eigenvalue weighted by Gasteiger charge is 2.21. The molecule has 146 valence electrons. The average molecular weight is 379 g/mol. The first-order chi connectivity index (χ1) is 13.5. The molecule has 2 aromatic heterocycles. The predicted octanol–water partition coefficient (Wildman–Crippen LogP) is 2.20. The van der Waals surface area contributed by atoms with Gasteiger partial charge in [-0.3, -0.25) is 9.20 Å². The largest absolute Gasteiger partial charge is 0.507 e. The lowest BCUT2D eigenvalue weighted by Crippen LogP contribution is -2.48. The second kappa shape index (κ2) is 7.52. The van der Waals surface area contributed by atoms with Gasteiger partial charge in [0.1, 0.15) is 22.9 Å². The van der Waals surface area contributed by atoms with E-state index in [0.29, 0.717) is 17.1 Å². The maximum Gasteiger partial charge on any atom is 0.242 e. The summed E-state index contributed by atoms with van der Waals surface area (Å²) in [5.74, 6) is 0.938. The number of fused-ring (bicyclic) bond motifs is 1. The highest BCUT2D eigenvalue weighted by molar-refractivity contribution is 5.85. The Morgan fingerprint density at radius 1 is 1.18 bits per heavy atom. The summed E-state index contributed by atoms with van der Waals surface area (Å²) in [5.41, 5.74) is 3.14. The van der Waals surface area contributed by atoms with E-state index in [1.54, 1.807) is 12.1 Å². The molecule has 28 heavy (non-hydrogen) atoms. The lowest BCUT2D eigenvalue weighted by Gasteiger charge is -2.32. The Bertz CT molecular complexity index is 1010. The first-order valence-electron chi connectivity index (χ1n) is 9.50. The van der Waals surface area contributed by atoms with Crippen molar-refractivity contribution >= 4 is 17.4 Å². The molecule has 7 heteroatoms. The summed E-state index contributed by atoms with van der Waals surface area (Å²) in [6, 6.07) is 11.1. The van der Waals surface area contributed by atoms with Crippen LogP contribution in [0.3, 0.4) is 0 Å². The van der Waals surface area contributed by atoms with E-state index in [1.807, 2.05) is 46.7 Å². The van der Waals surface area contributed by atoms with Crippen molar-refractivity contribution in [3.63, 3.8) is 0 Å². The van der Waals surface area contributed by atoms with E-state index in [1.165, 1.54) is 0 Å². The number of imidazole rings is 1. The molecular formula is C21H25N5O2. The van der Waals surface area contributed by atoms with Crippen molar-refractivity contribution in [1.29, 1.82) is 0 Å². The number of phenolic OH excluding ortho intramolecular Hbond substituents is 1. The summed E-state index contributed by atoms with van der Waals surface area (Å²) in [6.45, 7) is 5.48. The van der Waals surface area contributed by atoms with Gasteiger partial charge < -0.3 is 20.2 Å². The molecule has 0 unspecified atom stereocenters. The number of benzene rings is 1. The smallest absolute Gasteiger partial charge is 0.242 e. The van der Waals surface area contributed by atoms with Crippen molar-refractivity contribution < 1.29 is 9.90 Å². The number of pyridine rings is 1. The maximum absolute atomic E-state index is 12.7. The number of carbonyl (C=O) groups is 1. The summed E-state index contributed by atoms with van der Waals surface area (Å²) in [5, 5.41) is 13.6. The number of nitrogens with one attached hydrogen (secondary N) is 1. The number of aryl methyl sites for hydroxylation is 1. The number of amides is 1. The van der Waals surface area contributed by atoms with Gasteiger partial charge in [0.2, 0.25) is 5.91 Å². The zero-order valence-electron chi connectivity index (χ0n) is 16.2. The minimum Gasteiger partial charge on any atom is -0.507 e. The van der Waals surface area contributed by atoms with Crippen LogP contribution in [0.1, 0.15) is 5.56 Å². The number of anilines is 1. The standard InChI is InChI=1S/C21H25N5O2/c1-15-7-8-26-18(13-15)23-20(16-5-3-4-6-17(16)27)21(26)22-14-19(28)25-11-9-24(2)10-12-25/h3-8,13,22,27H,9-12,14H2,1-2H3. The van der Waals surface area contributed by atoms with Crippen molar-refractivity contribution in [2.45, 2.75) is 6.92 Å². The van der Waals surface area contributed by atoms with E-state index in [2.05, 4.69) is 17.3 Å². The SMILES string of the molecule is Cc1ccn2c(NCC(=O)N3CCN(C)CC3)c(-c3ccccc3O)nc2c1. The Hall–Kier alpha value is -3.06. The van der Waals surface area contributed by atoms with Crippen LogP contribution in [0.5, 0.6) is 5.75 Å². The fraction of sp³-hybridized carbons (Fsp3) is 0.333. The van der Waals surface area contributed by atoms with E-state index in [0.717, 1.165) is 37.4 Å². The molecule has 3 aromatic rings. The van der Waals surface area contributed by atoms with Gasteiger partial charge >= 0.3 is 0 Å². The van der Waals surface area contributed by atoms with Crippen LogP contribution in [-0.2, 0) is 4.79 Å². The number of phenols is 1. The number of hydrogen-bond acceptors (Lipinski definition) is 5. The zero-order valence-corrected chi connectivity index (χ0v) is 16.2. The molecule has 3 heterocycles. The molecule has 1 saturated heterocycles. The third kappa shape index (κ3) is 3.53. The number of hydrogen-bond donors (Lipinski definition) is 2. The molecule has 1 aromatic carbocycles. The lowest BCUT2D eigenvalue weighted by molar-refractivity contribution is -0.130. The Labute approximate surface area is 164 Å². The minimum atomic E-state index is 0.0680. The van der Waals surface area contributed by atoms with Crippen LogP contribution in [0.4, 0.5) is 5.82 Å². The Morgan fingerprint density at radius 2 is 1.93 bits per heavy atom. The molecule has 0 radical (unpaired) electrons. The summed E-state index contributed by atoms with van der Waals surface area (Å²) in [6.07, 6.45) is 1.93. The molecule has 4 rings (SSSR count). The number of para-hydroxylation sites is 1. The number of piperazine rings is 1. The van der Waals surface area contributed by atoms with Crippen molar-refractivity contribution in [1.82, 2.24) is 19.2 Å². The molecule has 1 aliphatic rings. The van der Waals surface area contributed by atoms with Crippen LogP contribution in [0.2, 0.25) is 0 Å². The van der Waals surface area contributed by atoms with Crippen LogP contribution < -0.4 is 5.32 Å². The first-order valence-corrected chi connectivity index (χ1v) is 9.50. The van der Waals surface area contributed by atoms with Crippen molar-refractivity contribution in [3.8, 4) is 17.0 Å². The van der Waals surface area contributed by atoms with Gasteiger partial charge in [0.15, 0.2) is 0 Å². The Balaban J connectivity index is 1.64. The third-order valence-corrected chi connectivity index (χ3v) is 5.20. The number of nitrogens with zero attached hydrogens (tertiary/aromatic N) is 4. The lowest BCUT2D eigenvalue weighted by atomic mass is 10.1. The number of aromatic hydroxyl groups is 1. The zero-order chi connectivity index (χ0) is 19.7. The molecule has 0 aliphatic carbocycles. The normalized spacial score (nSPS) is 15.1. The topological polar surface area (TPSA) is 73.1 Å². The summed E-state index contributed by atoms with van der Waals surface area (Å²) >= 11 is 0. The second-order valence-corrected chi connectivity index (χ2v) is 7.30. The van der Waals surface area contributed by atoms with Gasteiger partial charge in [-0.05, 0) is 43.8 Å². The average Bonchev–Trinajstić information content (AvgIpc) is 3.04. The molecule has 1 fully saturated rings. The van der Waals surface area contributed by atoms with E-state index in [-0.39, 0.29) is 18.2 Å². The van der Waals surface area contributed by atoms with Crippen molar-refractivity contribution in [2.24, 2.45) is 0 Å². The van der Waals surface area contributed by atoms with Crippen LogP contribution in [0.15, 0.2) is 42.6 Å². The highest BCUT2D eigenvalue weighted by Crippen LogP contribution is 2.34. The molecule has 1 amide bonds. The van der Waals surface area contributed by atoms with Gasteiger partial charge in [-0.15, -0.1) is 0 Å². The first kappa shape index (κ1) is 18.3. The molecule has 0 atom stereocenters.